The van der Waals surface area contributed by atoms with Crippen molar-refractivity contribution in [2.45, 2.75) is 0 Å². The Hall–Kier alpha value is -3.97. The monoisotopic (exact) mass is 550 g/mol. The van der Waals surface area contributed by atoms with E-state index in [1.807, 2.05) is 0 Å². The Bertz CT molecular complexity index is 1330. The Balaban J connectivity index is 1.94. The number of carbonyl (C=O) groups excluding carboxylic acids is 1. The summed E-state index contributed by atoms with van der Waals surface area (Å²) in [6, 6.07) is 10.1. The van der Waals surface area contributed by atoms with Gasteiger partial charge in [0.15, 0.2) is 17.3 Å². The molecule has 3 N–H and O–H groups in total. The number of sulfonamides is 1. The first-order valence-electron chi connectivity index (χ1n) is 10.8. The second kappa shape index (κ2) is 12.3. The van der Waals surface area contributed by atoms with Gasteiger partial charge in [0, 0.05) is 24.4 Å². The van der Waals surface area contributed by atoms with Crippen LogP contribution in [0.15, 0.2) is 42.6 Å². The van der Waals surface area contributed by atoms with Crippen LogP contribution in [0, 0.1) is 0 Å². The highest BCUT2D eigenvalue weighted by Crippen LogP contribution is 2.40. The standard InChI is InChI=1S/C23H27ClN6O6S/c1-34-19-11-15(12-20(35-2)21(19)36-3)27-23-26-13-16(24)22(29-23)28-17-7-5-6-8-18(17)30(37(4,32)33)10-9-25-14-31/h5-8,11-14H,9-10H2,1-4H3,(H,25,31)(H2,26,27,28,29). The highest BCUT2D eigenvalue weighted by Gasteiger charge is 2.21. The molecule has 3 aromatic rings. The summed E-state index contributed by atoms with van der Waals surface area (Å²) in [5, 5.41) is 8.83. The summed E-state index contributed by atoms with van der Waals surface area (Å²) in [6.45, 7) is 0.156. The van der Waals surface area contributed by atoms with Crippen LogP contribution in [0.25, 0.3) is 0 Å². The Morgan fingerprint density at radius 2 is 1.73 bits per heavy atom. The Morgan fingerprint density at radius 1 is 1.05 bits per heavy atom. The molecule has 1 heterocycles. The maximum absolute atomic E-state index is 12.5. The van der Waals surface area contributed by atoms with E-state index in [9.17, 15) is 13.2 Å². The molecule has 3 rings (SSSR count). The summed E-state index contributed by atoms with van der Waals surface area (Å²) >= 11 is 6.36. The summed E-state index contributed by atoms with van der Waals surface area (Å²) < 4.78 is 42.3. The van der Waals surface area contributed by atoms with Crippen molar-refractivity contribution in [3.8, 4) is 17.2 Å². The lowest BCUT2D eigenvalue weighted by atomic mass is 10.2. The van der Waals surface area contributed by atoms with Crippen molar-refractivity contribution < 1.29 is 27.4 Å². The summed E-state index contributed by atoms with van der Waals surface area (Å²) in [4.78, 5) is 19.3. The third-order valence-corrected chi connectivity index (χ3v) is 6.49. The molecule has 0 radical (unpaired) electrons. The topological polar surface area (TPSA) is 144 Å². The van der Waals surface area contributed by atoms with E-state index >= 15 is 0 Å². The molecule has 0 aliphatic rings. The number of ether oxygens (including phenoxy) is 3. The van der Waals surface area contributed by atoms with Crippen LogP contribution >= 0.6 is 11.6 Å². The van der Waals surface area contributed by atoms with Crippen LogP contribution in [0.1, 0.15) is 0 Å². The molecule has 0 aliphatic carbocycles. The van der Waals surface area contributed by atoms with Gasteiger partial charge in [-0.15, -0.1) is 0 Å². The summed E-state index contributed by atoms with van der Waals surface area (Å²) in [5.41, 5.74) is 1.35. The predicted molar refractivity (Wildman–Crippen MR) is 142 cm³/mol. The van der Waals surface area contributed by atoms with Gasteiger partial charge in [-0.1, -0.05) is 23.7 Å². The Labute approximate surface area is 220 Å². The number of rotatable bonds is 13. The van der Waals surface area contributed by atoms with Crippen LogP contribution in [0.5, 0.6) is 17.2 Å². The van der Waals surface area contributed by atoms with Crippen molar-refractivity contribution in [2.24, 2.45) is 0 Å². The van der Waals surface area contributed by atoms with Gasteiger partial charge in [-0.25, -0.2) is 13.4 Å². The second-order valence-electron chi connectivity index (χ2n) is 7.48. The third-order valence-electron chi connectivity index (χ3n) is 5.03. The number of halogens is 1. The lowest BCUT2D eigenvalue weighted by Crippen LogP contribution is -2.36. The zero-order chi connectivity index (χ0) is 27.0. The molecule has 37 heavy (non-hydrogen) atoms. The van der Waals surface area contributed by atoms with E-state index in [-0.39, 0.29) is 29.9 Å². The Kier molecular flexibility index (Phi) is 9.20. The minimum atomic E-state index is -3.67. The number of aromatic nitrogens is 2. The van der Waals surface area contributed by atoms with E-state index in [1.165, 1.54) is 31.8 Å². The lowest BCUT2D eigenvalue weighted by Gasteiger charge is -2.25. The number of benzene rings is 2. The van der Waals surface area contributed by atoms with Crippen molar-refractivity contribution in [2.75, 3.05) is 55.6 Å². The summed E-state index contributed by atoms with van der Waals surface area (Å²) in [6.07, 6.45) is 3.00. The van der Waals surface area contributed by atoms with Gasteiger partial charge in [0.25, 0.3) is 0 Å². The van der Waals surface area contributed by atoms with Crippen molar-refractivity contribution in [1.82, 2.24) is 15.3 Å². The molecule has 2 aromatic carbocycles. The zero-order valence-electron chi connectivity index (χ0n) is 20.6. The largest absolute Gasteiger partial charge is 0.493 e. The highest BCUT2D eigenvalue weighted by molar-refractivity contribution is 7.92. The molecule has 1 aromatic heterocycles. The smallest absolute Gasteiger partial charge is 0.232 e. The van der Waals surface area contributed by atoms with Gasteiger partial charge in [0.1, 0.15) is 5.02 Å². The number of anilines is 5. The minimum absolute atomic E-state index is 0.0295. The van der Waals surface area contributed by atoms with E-state index in [0.29, 0.717) is 40.7 Å². The first-order chi connectivity index (χ1) is 17.7. The fourth-order valence-electron chi connectivity index (χ4n) is 3.41. The van der Waals surface area contributed by atoms with Gasteiger partial charge in [0.2, 0.25) is 28.1 Å². The van der Waals surface area contributed by atoms with Gasteiger partial charge >= 0.3 is 0 Å². The number of nitrogens with zero attached hydrogens (tertiary/aromatic N) is 3. The maximum atomic E-state index is 12.5. The van der Waals surface area contributed by atoms with Crippen molar-refractivity contribution in [1.29, 1.82) is 0 Å². The van der Waals surface area contributed by atoms with Crippen molar-refractivity contribution >= 4 is 56.9 Å². The number of nitrogens with one attached hydrogen (secondary N) is 3. The van der Waals surface area contributed by atoms with E-state index < -0.39 is 10.0 Å². The molecule has 0 atom stereocenters. The van der Waals surface area contributed by atoms with Crippen LogP contribution in [0.4, 0.5) is 28.8 Å². The molecule has 0 saturated carbocycles. The summed E-state index contributed by atoms with van der Waals surface area (Å²) in [7, 11) is 0.859. The van der Waals surface area contributed by atoms with E-state index in [2.05, 4.69) is 25.9 Å². The average molecular weight is 551 g/mol. The quantitative estimate of drug-likeness (QED) is 0.214. The molecule has 0 saturated heterocycles. The molecule has 0 spiro atoms. The van der Waals surface area contributed by atoms with Crippen LogP contribution in [-0.2, 0) is 14.8 Å². The molecule has 12 nitrogen and oxygen atoms in total. The molecule has 0 fully saturated rings. The number of hydrogen-bond acceptors (Lipinski definition) is 10. The fourth-order valence-corrected chi connectivity index (χ4v) is 4.49. The first-order valence-corrected chi connectivity index (χ1v) is 13.0. The number of para-hydroxylation sites is 2. The number of hydrogen-bond donors (Lipinski definition) is 3. The number of amides is 1. The Morgan fingerprint density at radius 3 is 2.32 bits per heavy atom. The van der Waals surface area contributed by atoms with Crippen molar-refractivity contribution in [3.63, 3.8) is 0 Å². The molecule has 198 valence electrons. The third kappa shape index (κ3) is 6.83. The highest BCUT2D eigenvalue weighted by atomic mass is 35.5. The van der Waals surface area contributed by atoms with Crippen LogP contribution < -0.4 is 34.5 Å². The van der Waals surface area contributed by atoms with E-state index in [4.69, 9.17) is 25.8 Å². The SMILES string of the molecule is COc1cc(Nc2ncc(Cl)c(Nc3ccccc3N(CCNC=O)S(C)(=O)=O)n2)cc(OC)c1OC. The van der Waals surface area contributed by atoms with Gasteiger partial charge in [-0.2, -0.15) is 4.98 Å². The van der Waals surface area contributed by atoms with Crippen LogP contribution in [0.3, 0.4) is 0 Å². The normalized spacial score (nSPS) is 10.8. The molecule has 1 amide bonds. The molecular weight excluding hydrogens is 524 g/mol. The average Bonchev–Trinajstić information content (AvgIpc) is 2.87. The molecule has 0 bridgehead atoms. The maximum Gasteiger partial charge on any atom is 0.232 e. The lowest BCUT2D eigenvalue weighted by molar-refractivity contribution is -0.109. The van der Waals surface area contributed by atoms with E-state index in [0.717, 1.165) is 6.26 Å². The van der Waals surface area contributed by atoms with Gasteiger partial charge in [-0.05, 0) is 12.1 Å². The zero-order valence-corrected chi connectivity index (χ0v) is 22.2. The van der Waals surface area contributed by atoms with Gasteiger partial charge < -0.3 is 30.2 Å². The van der Waals surface area contributed by atoms with Crippen LogP contribution in [0.2, 0.25) is 5.02 Å². The van der Waals surface area contributed by atoms with Crippen LogP contribution in [-0.4, -0.2) is 65.5 Å². The van der Waals surface area contributed by atoms with Crippen molar-refractivity contribution in [3.05, 3.63) is 47.6 Å². The predicted octanol–water partition coefficient (Wildman–Crippen LogP) is 3.16. The fraction of sp³-hybridized carbons (Fsp3) is 0.261. The second-order valence-corrected chi connectivity index (χ2v) is 9.79. The molecule has 0 unspecified atom stereocenters. The molecule has 0 aliphatic heterocycles. The van der Waals surface area contributed by atoms with Gasteiger partial charge in [0.05, 0.1) is 51.7 Å². The molecule has 14 heteroatoms. The number of carbonyl (C=O) groups is 1. The van der Waals surface area contributed by atoms with Gasteiger partial charge in [-0.3, -0.25) is 9.10 Å². The summed E-state index contributed by atoms with van der Waals surface area (Å²) in [5.74, 6) is 1.75. The van der Waals surface area contributed by atoms with E-state index in [1.54, 1.807) is 36.4 Å². The minimum Gasteiger partial charge on any atom is -0.493 e. The molecular formula is C23H27ClN6O6S. The first kappa shape index (κ1) is 27.6. The number of methoxy groups -OCH3 is 3.